The number of hydrogen-bond acceptors (Lipinski definition) is 5. The molecular formula is C18H16N4O2S. The van der Waals surface area contributed by atoms with Gasteiger partial charge in [-0.3, -0.25) is 14.9 Å². The highest BCUT2D eigenvalue weighted by Gasteiger charge is 2.14. The fourth-order valence-electron chi connectivity index (χ4n) is 2.23. The van der Waals surface area contributed by atoms with Gasteiger partial charge in [-0.2, -0.15) is 0 Å². The number of rotatable bonds is 5. The highest BCUT2D eigenvalue weighted by Crippen LogP contribution is 2.22. The molecule has 0 spiro atoms. The Morgan fingerprint density at radius 2 is 1.64 bits per heavy atom. The van der Waals surface area contributed by atoms with E-state index in [1.165, 1.54) is 11.8 Å². The van der Waals surface area contributed by atoms with E-state index in [0.29, 0.717) is 10.7 Å². The van der Waals surface area contributed by atoms with E-state index in [9.17, 15) is 9.59 Å². The summed E-state index contributed by atoms with van der Waals surface area (Å²) in [6, 6.07) is 18.3. The van der Waals surface area contributed by atoms with Crippen molar-refractivity contribution in [2.24, 2.45) is 7.05 Å². The second-order valence-corrected chi connectivity index (χ2v) is 6.21. The summed E-state index contributed by atoms with van der Waals surface area (Å²) < 4.78 is 1.83. The maximum Gasteiger partial charge on any atom is 0.257 e. The van der Waals surface area contributed by atoms with E-state index < -0.39 is 5.91 Å². The van der Waals surface area contributed by atoms with Crippen LogP contribution < -0.4 is 5.32 Å². The summed E-state index contributed by atoms with van der Waals surface area (Å²) in [5.74, 6) is 0.0282. The third-order valence-corrected chi connectivity index (χ3v) is 4.51. The number of carbonyl (C=O) groups is 2. The van der Waals surface area contributed by atoms with Gasteiger partial charge in [0.05, 0.1) is 5.75 Å². The lowest BCUT2D eigenvalue weighted by molar-refractivity contribution is -0.117. The van der Waals surface area contributed by atoms with E-state index in [2.05, 4.69) is 15.5 Å². The summed E-state index contributed by atoms with van der Waals surface area (Å²) >= 11 is 1.23. The van der Waals surface area contributed by atoms with Crippen LogP contribution in [-0.2, 0) is 11.8 Å². The topological polar surface area (TPSA) is 76.9 Å². The van der Waals surface area contributed by atoms with Crippen molar-refractivity contribution in [3.63, 3.8) is 0 Å². The molecule has 1 heterocycles. The van der Waals surface area contributed by atoms with E-state index in [0.717, 1.165) is 11.4 Å². The molecule has 0 fully saturated rings. The van der Waals surface area contributed by atoms with Gasteiger partial charge in [-0.25, -0.2) is 0 Å². The Labute approximate surface area is 149 Å². The summed E-state index contributed by atoms with van der Waals surface area (Å²) in [6.07, 6.45) is 0. The number of carbonyl (C=O) groups excluding carboxylic acids is 2. The highest BCUT2D eigenvalue weighted by molar-refractivity contribution is 7.99. The minimum absolute atomic E-state index is 0.0827. The lowest BCUT2D eigenvalue weighted by Gasteiger charge is -2.05. The van der Waals surface area contributed by atoms with Crippen molar-refractivity contribution in [3.8, 4) is 11.4 Å². The first-order valence-corrected chi connectivity index (χ1v) is 8.60. The molecule has 6 nitrogen and oxygen atoms in total. The number of thioether (sulfide) groups is 1. The maximum absolute atomic E-state index is 12.0. The van der Waals surface area contributed by atoms with Crippen LogP contribution in [0.1, 0.15) is 10.4 Å². The molecule has 126 valence electrons. The molecule has 7 heteroatoms. The molecule has 0 saturated carbocycles. The Hall–Kier alpha value is -2.93. The van der Waals surface area contributed by atoms with Gasteiger partial charge in [0, 0.05) is 18.2 Å². The first kappa shape index (κ1) is 16.9. The number of hydrogen-bond donors (Lipinski definition) is 1. The number of benzene rings is 2. The van der Waals surface area contributed by atoms with E-state index in [4.69, 9.17) is 0 Å². The second-order valence-electron chi connectivity index (χ2n) is 5.26. The molecular weight excluding hydrogens is 336 g/mol. The van der Waals surface area contributed by atoms with Gasteiger partial charge >= 0.3 is 0 Å². The minimum Gasteiger partial charge on any atom is -0.305 e. The summed E-state index contributed by atoms with van der Waals surface area (Å²) in [4.78, 5) is 23.9. The predicted octanol–water partition coefficient (Wildman–Crippen LogP) is 2.53. The average molecular weight is 352 g/mol. The standard InChI is InChI=1S/C18H16N4O2S/c1-22-16(13-8-4-2-5-9-13)20-21-18(22)25-12-15(23)19-17(24)14-10-6-3-7-11-14/h2-11H,12H2,1H3,(H,19,23,24). The zero-order valence-electron chi connectivity index (χ0n) is 13.5. The van der Waals surface area contributed by atoms with Crippen LogP contribution in [0.2, 0.25) is 0 Å². The maximum atomic E-state index is 12.0. The van der Waals surface area contributed by atoms with E-state index in [1.54, 1.807) is 24.3 Å². The zero-order valence-corrected chi connectivity index (χ0v) is 14.4. The quantitative estimate of drug-likeness (QED) is 0.714. The Balaban J connectivity index is 1.60. The molecule has 3 rings (SSSR count). The first-order chi connectivity index (χ1) is 12.1. The van der Waals surface area contributed by atoms with Gasteiger partial charge in [-0.1, -0.05) is 60.3 Å². The Morgan fingerprint density at radius 3 is 2.32 bits per heavy atom. The van der Waals surface area contributed by atoms with Crippen LogP contribution >= 0.6 is 11.8 Å². The van der Waals surface area contributed by atoms with Gasteiger partial charge in [-0.05, 0) is 12.1 Å². The van der Waals surface area contributed by atoms with Crippen molar-refractivity contribution in [2.45, 2.75) is 5.16 Å². The zero-order chi connectivity index (χ0) is 17.6. The van der Waals surface area contributed by atoms with Crippen LogP contribution in [0.25, 0.3) is 11.4 Å². The molecule has 2 amide bonds. The molecule has 2 aromatic carbocycles. The molecule has 0 radical (unpaired) electrons. The fourth-order valence-corrected chi connectivity index (χ4v) is 2.94. The van der Waals surface area contributed by atoms with Crippen LogP contribution in [0.15, 0.2) is 65.8 Å². The van der Waals surface area contributed by atoms with E-state index >= 15 is 0 Å². The highest BCUT2D eigenvalue weighted by atomic mass is 32.2. The Morgan fingerprint density at radius 1 is 1.00 bits per heavy atom. The molecule has 0 saturated heterocycles. The van der Waals surface area contributed by atoms with Gasteiger partial charge in [0.25, 0.3) is 5.91 Å². The summed E-state index contributed by atoms with van der Waals surface area (Å²) in [6.45, 7) is 0. The molecule has 25 heavy (non-hydrogen) atoms. The van der Waals surface area contributed by atoms with Crippen molar-refractivity contribution in [1.29, 1.82) is 0 Å². The number of nitrogens with one attached hydrogen (secondary N) is 1. The summed E-state index contributed by atoms with van der Waals surface area (Å²) in [7, 11) is 1.84. The van der Waals surface area contributed by atoms with Crippen molar-refractivity contribution < 1.29 is 9.59 Å². The first-order valence-electron chi connectivity index (χ1n) is 7.62. The Kier molecular flexibility index (Phi) is 5.25. The monoisotopic (exact) mass is 352 g/mol. The molecule has 1 aromatic heterocycles. The minimum atomic E-state index is -0.408. The largest absolute Gasteiger partial charge is 0.305 e. The SMILES string of the molecule is Cn1c(SCC(=O)NC(=O)c2ccccc2)nnc1-c1ccccc1. The molecule has 0 atom stereocenters. The summed E-state index contributed by atoms with van der Waals surface area (Å²) in [5.41, 5.74) is 1.40. The number of aromatic nitrogens is 3. The molecule has 0 aliphatic heterocycles. The number of nitrogens with zero attached hydrogens (tertiary/aromatic N) is 3. The van der Waals surface area contributed by atoms with Gasteiger partial charge < -0.3 is 4.57 Å². The third kappa shape index (κ3) is 4.13. The van der Waals surface area contributed by atoms with Crippen molar-refractivity contribution in [2.75, 3.05) is 5.75 Å². The average Bonchev–Trinajstić information content (AvgIpc) is 3.02. The number of imide groups is 1. The predicted molar refractivity (Wildman–Crippen MR) is 96.1 cm³/mol. The van der Waals surface area contributed by atoms with Gasteiger partial charge in [0.2, 0.25) is 5.91 Å². The third-order valence-electron chi connectivity index (χ3n) is 3.49. The smallest absolute Gasteiger partial charge is 0.257 e. The lowest BCUT2D eigenvalue weighted by Crippen LogP contribution is -2.31. The van der Waals surface area contributed by atoms with Crippen LogP contribution in [0, 0.1) is 0 Å². The van der Waals surface area contributed by atoms with Gasteiger partial charge in [0.1, 0.15) is 0 Å². The molecule has 3 aromatic rings. The molecule has 0 bridgehead atoms. The molecule has 0 unspecified atom stereocenters. The normalized spacial score (nSPS) is 10.4. The van der Waals surface area contributed by atoms with Gasteiger partial charge in [-0.15, -0.1) is 10.2 Å². The van der Waals surface area contributed by atoms with E-state index in [-0.39, 0.29) is 11.7 Å². The second kappa shape index (κ2) is 7.76. The summed E-state index contributed by atoms with van der Waals surface area (Å²) in [5, 5.41) is 11.3. The van der Waals surface area contributed by atoms with Crippen LogP contribution in [-0.4, -0.2) is 32.3 Å². The van der Waals surface area contributed by atoms with Crippen molar-refractivity contribution in [1.82, 2.24) is 20.1 Å². The van der Waals surface area contributed by atoms with Gasteiger partial charge in [0.15, 0.2) is 11.0 Å². The molecule has 0 aliphatic carbocycles. The van der Waals surface area contributed by atoms with E-state index in [1.807, 2.05) is 48.0 Å². The lowest BCUT2D eigenvalue weighted by atomic mass is 10.2. The van der Waals surface area contributed by atoms with Crippen molar-refractivity contribution in [3.05, 3.63) is 66.2 Å². The fraction of sp³-hybridized carbons (Fsp3) is 0.111. The van der Waals surface area contributed by atoms with Crippen LogP contribution in [0.3, 0.4) is 0 Å². The van der Waals surface area contributed by atoms with Crippen molar-refractivity contribution >= 4 is 23.6 Å². The van der Waals surface area contributed by atoms with Crippen LogP contribution in [0.5, 0.6) is 0 Å². The van der Waals surface area contributed by atoms with Crippen LogP contribution in [0.4, 0.5) is 0 Å². The Bertz CT molecular complexity index is 879. The number of amides is 2. The molecule has 0 aliphatic rings. The molecule has 1 N–H and O–H groups in total.